The molecule has 0 aliphatic heterocycles. The van der Waals surface area contributed by atoms with E-state index in [1.807, 2.05) is 0 Å². The Labute approximate surface area is 211 Å². The van der Waals surface area contributed by atoms with Gasteiger partial charge in [-0.15, -0.1) is 0 Å². The molecule has 0 atom stereocenters. The molecule has 5 N–H and O–H groups in total. The van der Waals surface area contributed by atoms with Gasteiger partial charge in [-0.05, 0) is 61.7 Å². The normalized spacial score (nSPS) is 9.68. The summed E-state index contributed by atoms with van der Waals surface area (Å²) in [7, 11) is 0. The minimum absolute atomic E-state index is 0. The fraction of sp³-hybridized carbons (Fsp3) is 1.00. The van der Waals surface area contributed by atoms with Crippen LogP contribution in [0.5, 0.6) is 0 Å². The smallest absolute Gasteiger partial charge is 0.0433 e. The summed E-state index contributed by atoms with van der Waals surface area (Å²) >= 11 is 0. The molecule has 0 aliphatic rings. The molecule has 0 aromatic heterocycles. The van der Waals surface area contributed by atoms with E-state index in [2.05, 4.69) is 69.2 Å². The molecule has 0 aromatic rings. The van der Waals surface area contributed by atoms with Crippen molar-refractivity contribution in [2.75, 3.05) is 33.0 Å². The predicted molar refractivity (Wildman–Crippen MR) is 133 cm³/mol. The minimum atomic E-state index is 0. The maximum Gasteiger partial charge on any atom is 0.0433 e. The van der Waals surface area contributed by atoms with E-state index in [0.29, 0.717) is 62.6 Å². The van der Waals surface area contributed by atoms with Gasteiger partial charge in [-0.3, -0.25) is 0 Å². The SMILES string of the molecule is CC(C)CCO.CC(C)CCO.CC(C)CCO.CC(C)CCO.CC(C)CCO.[Nb]. The van der Waals surface area contributed by atoms with Crippen LogP contribution in [0.3, 0.4) is 0 Å². The third-order valence-electron chi connectivity index (χ3n) is 3.53. The summed E-state index contributed by atoms with van der Waals surface area (Å²) in [6.07, 6.45) is 4.65. The maximum atomic E-state index is 8.24. The molecule has 0 heterocycles. The molecule has 0 saturated heterocycles. The molecule has 0 aliphatic carbocycles. The molecule has 0 saturated carbocycles. The molecule has 0 rings (SSSR count). The Kier molecular flexibility index (Phi) is 59.4. The average Bonchev–Trinajstić information content (AvgIpc) is 2.56. The van der Waals surface area contributed by atoms with Crippen molar-refractivity contribution in [3.8, 4) is 0 Å². The van der Waals surface area contributed by atoms with Gasteiger partial charge in [0.1, 0.15) is 0 Å². The molecule has 0 spiro atoms. The van der Waals surface area contributed by atoms with Crippen LogP contribution >= 0.6 is 0 Å². The largest absolute Gasteiger partial charge is 0.396 e. The van der Waals surface area contributed by atoms with Gasteiger partial charge in [0.05, 0.1) is 0 Å². The van der Waals surface area contributed by atoms with Gasteiger partial charge in [-0.1, -0.05) is 69.2 Å². The van der Waals surface area contributed by atoms with Crippen LogP contribution in [0, 0.1) is 29.6 Å². The van der Waals surface area contributed by atoms with E-state index in [1.165, 1.54) is 0 Å². The van der Waals surface area contributed by atoms with E-state index in [-0.39, 0.29) is 22.4 Å². The second kappa shape index (κ2) is 40.9. The molecule has 31 heavy (non-hydrogen) atoms. The second-order valence-electron chi connectivity index (χ2n) is 9.53. The first kappa shape index (κ1) is 45.1. The van der Waals surface area contributed by atoms with Crippen molar-refractivity contribution >= 4 is 0 Å². The van der Waals surface area contributed by atoms with Crippen LogP contribution in [0.25, 0.3) is 0 Å². The van der Waals surface area contributed by atoms with Crippen molar-refractivity contribution in [2.24, 2.45) is 29.6 Å². The quantitative estimate of drug-likeness (QED) is 0.251. The third kappa shape index (κ3) is 103. The van der Waals surface area contributed by atoms with E-state index >= 15 is 0 Å². The molecule has 0 amide bonds. The van der Waals surface area contributed by atoms with Crippen LogP contribution in [-0.2, 0) is 22.4 Å². The zero-order chi connectivity index (χ0) is 25.0. The fourth-order valence-corrected chi connectivity index (χ4v) is 1.29. The van der Waals surface area contributed by atoms with Crippen LogP contribution in [0.2, 0.25) is 0 Å². The zero-order valence-corrected chi connectivity index (χ0v) is 24.8. The van der Waals surface area contributed by atoms with Crippen LogP contribution in [0.4, 0.5) is 0 Å². The van der Waals surface area contributed by atoms with Crippen molar-refractivity contribution in [2.45, 2.75) is 101 Å². The number of rotatable bonds is 10. The van der Waals surface area contributed by atoms with Crippen molar-refractivity contribution in [1.29, 1.82) is 0 Å². The van der Waals surface area contributed by atoms with Gasteiger partial charge in [0.2, 0.25) is 0 Å². The van der Waals surface area contributed by atoms with E-state index in [1.54, 1.807) is 0 Å². The van der Waals surface area contributed by atoms with Crippen molar-refractivity contribution in [3.63, 3.8) is 0 Å². The molecule has 0 bridgehead atoms. The zero-order valence-electron chi connectivity index (χ0n) is 22.6. The molecule has 6 heteroatoms. The summed E-state index contributed by atoms with van der Waals surface area (Å²) in [6, 6.07) is 0. The van der Waals surface area contributed by atoms with E-state index in [9.17, 15) is 0 Å². The molecule has 0 aromatic carbocycles. The summed E-state index contributed by atoms with van der Waals surface area (Å²) in [5.41, 5.74) is 0. The first-order chi connectivity index (χ1) is 13.9. The van der Waals surface area contributed by atoms with Crippen molar-refractivity contribution < 1.29 is 47.9 Å². The topological polar surface area (TPSA) is 101 Å². The number of hydrogen-bond acceptors (Lipinski definition) is 5. The summed E-state index contributed by atoms with van der Waals surface area (Å²) < 4.78 is 0. The molecular weight excluding hydrogens is 473 g/mol. The van der Waals surface area contributed by atoms with Crippen LogP contribution in [0.15, 0.2) is 0 Å². The van der Waals surface area contributed by atoms with Crippen LogP contribution < -0.4 is 0 Å². The molecule has 5 nitrogen and oxygen atoms in total. The number of aliphatic hydroxyl groups excluding tert-OH is 5. The van der Waals surface area contributed by atoms with Gasteiger partial charge in [-0.25, -0.2) is 0 Å². The van der Waals surface area contributed by atoms with Crippen molar-refractivity contribution in [1.82, 2.24) is 0 Å². The fourth-order valence-electron chi connectivity index (χ4n) is 1.29. The van der Waals surface area contributed by atoms with E-state index in [0.717, 1.165) is 32.1 Å². The summed E-state index contributed by atoms with van der Waals surface area (Å²) in [6.45, 7) is 22.6. The Bertz CT molecular complexity index is 190. The Hall–Kier alpha value is 0.540. The predicted octanol–water partition coefficient (Wildman–Crippen LogP) is 5.12. The van der Waals surface area contributed by atoms with Crippen LogP contribution in [-0.4, -0.2) is 58.6 Å². The monoisotopic (exact) mass is 533 g/mol. The standard InChI is InChI=1S/5C5H12O.Nb/c5*1-5(2)3-4-6;/h5*5-6H,3-4H2,1-2H3;. The van der Waals surface area contributed by atoms with Gasteiger partial charge in [-0.2, -0.15) is 0 Å². The average molecular weight is 534 g/mol. The van der Waals surface area contributed by atoms with Gasteiger partial charge in [0.25, 0.3) is 0 Å². The van der Waals surface area contributed by atoms with Gasteiger partial charge >= 0.3 is 0 Å². The maximum absolute atomic E-state index is 8.24. The number of aliphatic hydroxyl groups is 5. The Balaban J connectivity index is -0.0000000625. The molecule has 1 radical (unpaired) electrons. The Morgan fingerprint density at radius 1 is 0.323 bits per heavy atom. The molecule has 0 unspecified atom stereocenters. The minimum Gasteiger partial charge on any atom is -0.396 e. The van der Waals surface area contributed by atoms with Crippen molar-refractivity contribution in [3.05, 3.63) is 0 Å². The Morgan fingerprint density at radius 2 is 0.419 bits per heavy atom. The molecule has 0 fully saturated rings. The molecule has 195 valence electrons. The summed E-state index contributed by atoms with van der Waals surface area (Å²) in [4.78, 5) is 0. The van der Waals surface area contributed by atoms with Gasteiger partial charge in [0, 0.05) is 55.4 Å². The van der Waals surface area contributed by atoms with E-state index < -0.39 is 0 Å². The summed E-state index contributed by atoms with van der Waals surface area (Å²) in [5, 5.41) is 41.2. The second-order valence-corrected chi connectivity index (χ2v) is 9.53. The first-order valence-corrected chi connectivity index (χ1v) is 11.9. The first-order valence-electron chi connectivity index (χ1n) is 11.9. The molecular formula is C25H60NbO5. The third-order valence-corrected chi connectivity index (χ3v) is 3.53. The Morgan fingerprint density at radius 3 is 0.419 bits per heavy atom. The van der Waals surface area contributed by atoms with Gasteiger partial charge < -0.3 is 25.5 Å². The van der Waals surface area contributed by atoms with Crippen LogP contribution in [0.1, 0.15) is 101 Å². The van der Waals surface area contributed by atoms with E-state index in [4.69, 9.17) is 25.5 Å². The summed E-state index contributed by atoms with van der Waals surface area (Å²) in [5.74, 6) is 3.24. The number of hydrogen-bond donors (Lipinski definition) is 5. The van der Waals surface area contributed by atoms with Gasteiger partial charge in [0.15, 0.2) is 0 Å².